The van der Waals surface area contributed by atoms with E-state index in [1.54, 1.807) is 12.1 Å². The highest BCUT2D eigenvalue weighted by molar-refractivity contribution is 7.22. The number of amides is 2. The lowest BCUT2D eigenvalue weighted by Crippen LogP contribution is -2.19. The second kappa shape index (κ2) is 5.70. The average Bonchev–Trinajstić information content (AvgIpc) is 2.86. The zero-order chi connectivity index (χ0) is 15.7. The van der Waals surface area contributed by atoms with E-state index < -0.39 is 6.03 Å². The van der Waals surface area contributed by atoms with E-state index in [4.69, 9.17) is 17.3 Å². The number of halogens is 1. The van der Waals surface area contributed by atoms with E-state index >= 15 is 0 Å². The number of aromatic hydroxyl groups is 1. The van der Waals surface area contributed by atoms with E-state index in [9.17, 15) is 9.90 Å². The maximum absolute atomic E-state index is 11.9. The van der Waals surface area contributed by atoms with Crippen molar-refractivity contribution in [1.29, 1.82) is 0 Å². The van der Waals surface area contributed by atoms with Gasteiger partial charge in [0, 0.05) is 11.8 Å². The Morgan fingerprint density at radius 2 is 2.09 bits per heavy atom. The number of phenols is 1. The Morgan fingerprint density at radius 3 is 2.82 bits per heavy atom. The number of carbonyl (C=O) groups is 1. The molecule has 6 nitrogen and oxygen atoms in total. The number of benzene rings is 2. The van der Waals surface area contributed by atoms with Crippen molar-refractivity contribution >= 4 is 55.7 Å². The number of rotatable bonds is 2. The molecule has 1 aromatic heterocycles. The first-order valence-corrected chi connectivity index (χ1v) is 7.44. The van der Waals surface area contributed by atoms with Crippen molar-refractivity contribution in [3.8, 4) is 5.75 Å². The van der Waals surface area contributed by atoms with Crippen molar-refractivity contribution in [2.45, 2.75) is 0 Å². The molecule has 0 aliphatic carbocycles. The summed E-state index contributed by atoms with van der Waals surface area (Å²) in [6.07, 6.45) is 0. The molecule has 2 aromatic carbocycles. The molecule has 22 heavy (non-hydrogen) atoms. The normalized spacial score (nSPS) is 10.6. The van der Waals surface area contributed by atoms with Gasteiger partial charge in [0.05, 0.1) is 15.4 Å². The first-order valence-electron chi connectivity index (χ1n) is 6.24. The van der Waals surface area contributed by atoms with Gasteiger partial charge < -0.3 is 16.2 Å². The van der Waals surface area contributed by atoms with Gasteiger partial charge in [-0.2, -0.15) is 0 Å². The van der Waals surface area contributed by atoms with Crippen LogP contribution in [0.3, 0.4) is 0 Å². The highest BCUT2D eigenvalue weighted by atomic mass is 35.5. The molecule has 0 aliphatic rings. The number of urea groups is 1. The molecule has 3 rings (SSSR count). The maximum Gasteiger partial charge on any atom is 0.325 e. The van der Waals surface area contributed by atoms with Gasteiger partial charge in [-0.25, -0.2) is 9.78 Å². The van der Waals surface area contributed by atoms with Crippen molar-refractivity contribution in [3.05, 3.63) is 41.4 Å². The van der Waals surface area contributed by atoms with E-state index in [-0.39, 0.29) is 11.4 Å². The quantitative estimate of drug-likeness (QED) is 0.422. The van der Waals surface area contributed by atoms with Crippen LogP contribution in [0.5, 0.6) is 5.75 Å². The second-order valence-electron chi connectivity index (χ2n) is 4.46. The van der Waals surface area contributed by atoms with Crippen molar-refractivity contribution in [2.24, 2.45) is 0 Å². The molecule has 1 heterocycles. The Kier molecular flexibility index (Phi) is 3.74. The molecule has 0 saturated heterocycles. The lowest BCUT2D eigenvalue weighted by molar-refractivity contribution is 0.262. The topological polar surface area (TPSA) is 100 Å². The Hall–Kier alpha value is -2.51. The Labute approximate surface area is 134 Å². The van der Waals surface area contributed by atoms with Crippen LogP contribution in [0.15, 0.2) is 36.4 Å². The number of nitrogens with one attached hydrogen (secondary N) is 2. The van der Waals surface area contributed by atoms with Gasteiger partial charge in [-0.1, -0.05) is 29.0 Å². The first-order chi connectivity index (χ1) is 10.5. The number of phenolic OH excluding ortho intramolecular Hbond substituents is 1. The summed E-state index contributed by atoms with van der Waals surface area (Å²) < 4.78 is 0.873. The number of fused-ring (bicyclic) bond motifs is 1. The minimum atomic E-state index is -0.518. The number of anilines is 3. The lowest BCUT2D eigenvalue weighted by atomic mass is 10.2. The molecule has 5 N–H and O–H groups in total. The monoisotopic (exact) mass is 334 g/mol. The highest BCUT2D eigenvalue weighted by Gasteiger charge is 2.11. The molecule has 8 heteroatoms. The highest BCUT2D eigenvalue weighted by Crippen LogP contribution is 2.31. The van der Waals surface area contributed by atoms with Crippen molar-refractivity contribution < 1.29 is 9.90 Å². The van der Waals surface area contributed by atoms with Crippen LogP contribution in [0.4, 0.5) is 21.3 Å². The molecule has 112 valence electrons. The van der Waals surface area contributed by atoms with Crippen LogP contribution in [0, 0.1) is 0 Å². The van der Waals surface area contributed by atoms with Crippen LogP contribution >= 0.6 is 22.9 Å². The van der Waals surface area contributed by atoms with Gasteiger partial charge in [0.25, 0.3) is 0 Å². The maximum atomic E-state index is 11.9. The lowest BCUT2D eigenvalue weighted by Gasteiger charge is -2.07. The number of hydrogen-bond donors (Lipinski definition) is 4. The average molecular weight is 335 g/mol. The fraction of sp³-hybridized carbons (Fsp3) is 0. The van der Waals surface area contributed by atoms with Crippen molar-refractivity contribution in [1.82, 2.24) is 4.98 Å². The summed E-state index contributed by atoms with van der Waals surface area (Å²) in [5.41, 5.74) is 6.83. The molecule has 0 unspecified atom stereocenters. The number of nitrogens with zero attached hydrogens (tertiary/aromatic N) is 1. The number of para-hydroxylation sites is 1. The summed E-state index contributed by atoms with van der Waals surface area (Å²) in [5.74, 6) is -0.109. The number of carbonyl (C=O) groups excluding carboxylic acids is 1. The van der Waals surface area contributed by atoms with Gasteiger partial charge in [0.2, 0.25) is 0 Å². The molecule has 2 amide bonds. The molecule has 0 radical (unpaired) electrons. The molecule has 0 bridgehead atoms. The zero-order valence-corrected chi connectivity index (χ0v) is 12.7. The third kappa shape index (κ3) is 2.90. The van der Waals surface area contributed by atoms with Gasteiger partial charge >= 0.3 is 6.03 Å². The van der Waals surface area contributed by atoms with E-state index in [0.29, 0.717) is 21.4 Å². The van der Waals surface area contributed by atoms with Crippen LogP contribution in [0.1, 0.15) is 0 Å². The number of thiazole rings is 1. The van der Waals surface area contributed by atoms with E-state index in [1.807, 2.05) is 12.1 Å². The molecule has 0 fully saturated rings. The van der Waals surface area contributed by atoms with Gasteiger partial charge in [-0.3, -0.25) is 5.32 Å². The van der Waals surface area contributed by atoms with Crippen LogP contribution < -0.4 is 16.4 Å². The smallest absolute Gasteiger partial charge is 0.325 e. The molecule has 0 atom stereocenters. The van der Waals surface area contributed by atoms with Gasteiger partial charge in [-0.15, -0.1) is 0 Å². The number of nitrogen functional groups attached to an aromatic ring is 1. The third-order valence-electron chi connectivity index (χ3n) is 2.86. The van der Waals surface area contributed by atoms with Crippen LogP contribution in [0.2, 0.25) is 5.02 Å². The zero-order valence-electron chi connectivity index (χ0n) is 11.1. The molecular formula is C14H11ClN4O2S. The summed E-state index contributed by atoms with van der Waals surface area (Å²) in [5, 5.41) is 15.8. The van der Waals surface area contributed by atoms with Gasteiger partial charge in [-0.05, 0) is 24.3 Å². The first kappa shape index (κ1) is 14.4. The Morgan fingerprint density at radius 1 is 1.27 bits per heavy atom. The molecule has 0 saturated carbocycles. The van der Waals surface area contributed by atoms with Gasteiger partial charge in [0.1, 0.15) is 11.3 Å². The SMILES string of the molecule is Nc1ccc(NC(=O)Nc2nc3c(Cl)cccc3s2)c(O)c1. The third-order valence-corrected chi connectivity index (χ3v) is 4.10. The summed E-state index contributed by atoms with van der Waals surface area (Å²) in [7, 11) is 0. The number of nitrogens with two attached hydrogens (primary N) is 1. The summed E-state index contributed by atoms with van der Waals surface area (Å²) >= 11 is 7.35. The molecule has 0 aliphatic heterocycles. The fourth-order valence-electron chi connectivity index (χ4n) is 1.87. The second-order valence-corrected chi connectivity index (χ2v) is 5.90. The van der Waals surface area contributed by atoms with Crippen LogP contribution in [0.25, 0.3) is 10.2 Å². The van der Waals surface area contributed by atoms with E-state index in [1.165, 1.54) is 23.5 Å². The minimum Gasteiger partial charge on any atom is -0.506 e. The van der Waals surface area contributed by atoms with Crippen LogP contribution in [-0.4, -0.2) is 16.1 Å². The van der Waals surface area contributed by atoms with E-state index in [2.05, 4.69) is 15.6 Å². The largest absolute Gasteiger partial charge is 0.506 e. The fourth-order valence-corrected chi connectivity index (χ4v) is 3.03. The predicted octanol–water partition coefficient (Wildman–Crippen LogP) is 3.88. The predicted molar refractivity (Wildman–Crippen MR) is 89.8 cm³/mol. The Balaban J connectivity index is 1.77. The summed E-state index contributed by atoms with van der Waals surface area (Å²) in [6.45, 7) is 0. The summed E-state index contributed by atoms with van der Waals surface area (Å²) in [6, 6.07) is 9.35. The molecule has 3 aromatic rings. The van der Waals surface area contributed by atoms with Gasteiger partial charge in [0.15, 0.2) is 5.13 Å². The molecular weight excluding hydrogens is 324 g/mol. The minimum absolute atomic E-state index is 0.109. The van der Waals surface area contributed by atoms with Crippen LogP contribution in [-0.2, 0) is 0 Å². The Bertz CT molecular complexity index is 865. The van der Waals surface area contributed by atoms with Crippen molar-refractivity contribution in [2.75, 3.05) is 16.4 Å². The summed E-state index contributed by atoms with van der Waals surface area (Å²) in [4.78, 5) is 16.2. The standard InChI is InChI=1S/C14H11ClN4O2S/c15-8-2-1-3-11-12(8)18-14(22-11)19-13(21)17-9-5-4-7(16)6-10(9)20/h1-6,20H,16H2,(H2,17,18,19,21). The van der Waals surface area contributed by atoms with E-state index in [0.717, 1.165) is 4.70 Å². The molecule has 0 spiro atoms. The number of aromatic nitrogens is 1. The number of hydrogen-bond acceptors (Lipinski definition) is 5. The van der Waals surface area contributed by atoms with Crippen molar-refractivity contribution in [3.63, 3.8) is 0 Å².